The molecule has 0 rings (SSSR count). The third-order valence-corrected chi connectivity index (χ3v) is 11.4. The van der Waals surface area contributed by atoms with Crippen molar-refractivity contribution in [1.82, 2.24) is 0 Å². The third-order valence-electron chi connectivity index (χ3n) is 11.4. The average Bonchev–Trinajstić information content (AvgIpc) is 3.30. The van der Waals surface area contributed by atoms with Gasteiger partial charge in [-0.2, -0.15) is 0 Å². The molecule has 0 aromatic carbocycles. The van der Waals surface area contributed by atoms with Crippen molar-refractivity contribution in [3.05, 3.63) is 85.1 Å². The van der Waals surface area contributed by atoms with Crippen LogP contribution in [0.3, 0.4) is 0 Å². The van der Waals surface area contributed by atoms with Gasteiger partial charge < -0.3 is 14.2 Å². The SMILES string of the molecule is CC/C=C\C/C=C\C/C=C\C/C=C\C/C=C\CCCCCC(=O)OCC(COC(=O)CCCCCCCCCCCCCCC)OC(=O)CCCCCCCC/C=C\C=C/CCCCC. The van der Waals surface area contributed by atoms with Crippen LogP contribution in [0.4, 0.5) is 0 Å². The molecule has 0 saturated heterocycles. The van der Waals surface area contributed by atoms with Crippen molar-refractivity contribution in [2.45, 2.75) is 258 Å². The second kappa shape index (κ2) is 53.2. The summed E-state index contributed by atoms with van der Waals surface area (Å²) in [5, 5.41) is 0. The Labute approximate surface area is 401 Å². The highest BCUT2D eigenvalue weighted by Crippen LogP contribution is 2.15. The van der Waals surface area contributed by atoms with Crippen LogP contribution in [0, 0.1) is 0 Å². The lowest BCUT2D eigenvalue weighted by molar-refractivity contribution is -0.167. The van der Waals surface area contributed by atoms with Crippen molar-refractivity contribution in [2.24, 2.45) is 0 Å². The summed E-state index contributed by atoms with van der Waals surface area (Å²) in [6.07, 6.45) is 68.5. The van der Waals surface area contributed by atoms with Crippen LogP contribution in [0.5, 0.6) is 0 Å². The Hall–Kier alpha value is -3.41. The summed E-state index contributed by atoms with van der Waals surface area (Å²) in [5.41, 5.74) is 0. The van der Waals surface area contributed by atoms with Crippen LogP contribution in [0.2, 0.25) is 0 Å². The fourth-order valence-corrected chi connectivity index (χ4v) is 7.34. The first-order chi connectivity index (χ1) is 32.0. The van der Waals surface area contributed by atoms with Crippen molar-refractivity contribution in [3.63, 3.8) is 0 Å². The minimum atomic E-state index is -0.795. The van der Waals surface area contributed by atoms with E-state index >= 15 is 0 Å². The topological polar surface area (TPSA) is 78.9 Å². The van der Waals surface area contributed by atoms with Crippen molar-refractivity contribution >= 4 is 17.9 Å². The van der Waals surface area contributed by atoms with Crippen molar-refractivity contribution < 1.29 is 28.6 Å². The Morgan fingerprint density at radius 3 is 1.08 bits per heavy atom. The monoisotopic (exact) mass is 905 g/mol. The summed E-state index contributed by atoms with van der Waals surface area (Å²) in [7, 11) is 0. The number of carbonyl (C=O) groups is 3. The Bertz CT molecular complexity index is 1270. The molecule has 0 aliphatic carbocycles. The van der Waals surface area contributed by atoms with E-state index < -0.39 is 6.10 Å². The van der Waals surface area contributed by atoms with Gasteiger partial charge in [-0.1, -0.05) is 228 Å². The minimum Gasteiger partial charge on any atom is -0.462 e. The molecule has 0 radical (unpaired) electrons. The van der Waals surface area contributed by atoms with Gasteiger partial charge in [-0.25, -0.2) is 0 Å². The number of hydrogen-bond donors (Lipinski definition) is 0. The van der Waals surface area contributed by atoms with E-state index in [1.54, 1.807) is 0 Å². The zero-order valence-corrected chi connectivity index (χ0v) is 42.5. The van der Waals surface area contributed by atoms with E-state index in [0.29, 0.717) is 19.3 Å². The molecule has 0 N–H and O–H groups in total. The molecule has 0 aromatic rings. The molecule has 0 aliphatic heterocycles. The Morgan fingerprint density at radius 1 is 0.338 bits per heavy atom. The molecule has 372 valence electrons. The first-order valence-electron chi connectivity index (χ1n) is 27.1. The number of rotatable bonds is 48. The second-order valence-corrected chi connectivity index (χ2v) is 17.8. The first kappa shape index (κ1) is 61.6. The van der Waals surface area contributed by atoms with Crippen molar-refractivity contribution in [3.8, 4) is 0 Å². The number of ether oxygens (including phenoxy) is 3. The van der Waals surface area contributed by atoms with Gasteiger partial charge >= 0.3 is 17.9 Å². The zero-order valence-electron chi connectivity index (χ0n) is 42.5. The Balaban J connectivity index is 4.45. The highest BCUT2D eigenvalue weighted by molar-refractivity contribution is 5.71. The Morgan fingerprint density at radius 2 is 0.646 bits per heavy atom. The van der Waals surface area contributed by atoms with E-state index in [1.807, 2.05) is 0 Å². The van der Waals surface area contributed by atoms with Crippen molar-refractivity contribution in [2.75, 3.05) is 13.2 Å². The Kier molecular flexibility index (Phi) is 50.4. The quantitative estimate of drug-likeness (QED) is 0.0199. The van der Waals surface area contributed by atoms with Crippen LogP contribution < -0.4 is 0 Å². The summed E-state index contributed by atoms with van der Waals surface area (Å²) < 4.78 is 16.8. The van der Waals surface area contributed by atoms with Gasteiger partial charge in [0.1, 0.15) is 13.2 Å². The average molecular weight is 905 g/mol. The zero-order chi connectivity index (χ0) is 47.2. The summed E-state index contributed by atoms with van der Waals surface area (Å²) in [6.45, 7) is 6.46. The summed E-state index contributed by atoms with van der Waals surface area (Å²) in [6, 6.07) is 0. The highest BCUT2D eigenvalue weighted by Gasteiger charge is 2.19. The molecule has 0 saturated carbocycles. The molecule has 6 nitrogen and oxygen atoms in total. The molecule has 0 aromatic heterocycles. The molecule has 0 bridgehead atoms. The summed E-state index contributed by atoms with van der Waals surface area (Å²) in [5.74, 6) is -0.933. The molecule has 0 fully saturated rings. The van der Waals surface area contributed by atoms with Gasteiger partial charge in [0.05, 0.1) is 0 Å². The van der Waals surface area contributed by atoms with Crippen LogP contribution in [0.15, 0.2) is 85.1 Å². The molecule has 6 heteroatoms. The van der Waals surface area contributed by atoms with Gasteiger partial charge in [0, 0.05) is 19.3 Å². The third kappa shape index (κ3) is 51.4. The van der Waals surface area contributed by atoms with Crippen LogP contribution in [0.25, 0.3) is 0 Å². The molecule has 0 spiro atoms. The van der Waals surface area contributed by atoms with Gasteiger partial charge in [0.2, 0.25) is 0 Å². The number of carbonyl (C=O) groups excluding carboxylic acids is 3. The predicted molar refractivity (Wildman–Crippen MR) is 279 cm³/mol. The first-order valence-corrected chi connectivity index (χ1v) is 27.1. The van der Waals surface area contributed by atoms with E-state index in [-0.39, 0.29) is 31.1 Å². The van der Waals surface area contributed by atoms with Gasteiger partial charge in [-0.15, -0.1) is 0 Å². The number of unbranched alkanes of at least 4 members (excludes halogenated alkanes) is 24. The molecular formula is C59H100O6. The minimum absolute atomic E-state index is 0.0906. The molecule has 1 unspecified atom stereocenters. The molecule has 65 heavy (non-hydrogen) atoms. The number of hydrogen-bond acceptors (Lipinski definition) is 6. The maximum atomic E-state index is 12.8. The smallest absolute Gasteiger partial charge is 0.306 e. The van der Waals surface area contributed by atoms with Crippen LogP contribution in [-0.2, 0) is 28.6 Å². The van der Waals surface area contributed by atoms with E-state index in [9.17, 15) is 14.4 Å². The molecule has 1 atom stereocenters. The van der Waals surface area contributed by atoms with Gasteiger partial charge in [0.15, 0.2) is 6.10 Å². The normalized spacial score (nSPS) is 12.7. The highest BCUT2D eigenvalue weighted by atomic mass is 16.6. The van der Waals surface area contributed by atoms with E-state index in [1.165, 1.54) is 103 Å². The van der Waals surface area contributed by atoms with Gasteiger partial charge in [0.25, 0.3) is 0 Å². The summed E-state index contributed by atoms with van der Waals surface area (Å²) in [4.78, 5) is 38.0. The fourth-order valence-electron chi connectivity index (χ4n) is 7.34. The maximum Gasteiger partial charge on any atom is 0.306 e. The maximum absolute atomic E-state index is 12.8. The van der Waals surface area contributed by atoms with E-state index in [2.05, 4.69) is 106 Å². The lowest BCUT2D eigenvalue weighted by Gasteiger charge is -2.18. The largest absolute Gasteiger partial charge is 0.462 e. The van der Waals surface area contributed by atoms with Crippen LogP contribution >= 0.6 is 0 Å². The summed E-state index contributed by atoms with van der Waals surface area (Å²) >= 11 is 0. The van der Waals surface area contributed by atoms with E-state index in [0.717, 1.165) is 109 Å². The lowest BCUT2D eigenvalue weighted by Crippen LogP contribution is -2.30. The standard InChI is InChI=1S/C59H100O6/c1-4-7-10-13-16-19-22-25-27-28-29-30-32-34-37-40-43-46-49-52-58(61)64-55-56(54-63-57(60)51-48-45-42-39-36-33-24-21-18-15-12-9-6-3)65-59(62)53-50-47-44-41-38-35-31-26-23-20-17-14-11-8-5-2/h7,10,16-17,19-20,23,25-27,29-30,34,37,56H,4-6,8-9,11-15,18,21-22,24,28,31-33,35-36,38-55H2,1-3H3/b10-7-,19-16-,20-17-,26-23-,27-25-,30-29-,37-34-. The number of esters is 3. The molecule has 0 aliphatic rings. The lowest BCUT2D eigenvalue weighted by atomic mass is 10.0. The van der Waals surface area contributed by atoms with Crippen LogP contribution in [-0.4, -0.2) is 37.2 Å². The van der Waals surface area contributed by atoms with Gasteiger partial charge in [-0.3, -0.25) is 14.4 Å². The van der Waals surface area contributed by atoms with E-state index in [4.69, 9.17) is 14.2 Å². The molecule has 0 amide bonds. The van der Waals surface area contributed by atoms with Crippen molar-refractivity contribution in [1.29, 1.82) is 0 Å². The fraction of sp³-hybridized carbons (Fsp3) is 0.712. The second-order valence-electron chi connectivity index (χ2n) is 17.8. The molecule has 0 heterocycles. The molecular weight excluding hydrogens is 805 g/mol. The van der Waals surface area contributed by atoms with Gasteiger partial charge in [-0.05, 0) is 89.9 Å². The predicted octanol–water partition coefficient (Wildman–Crippen LogP) is 18.0. The number of allylic oxidation sites excluding steroid dienone is 14. The van der Waals surface area contributed by atoms with Crippen LogP contribution in [0.1, 0.15) is 252 Å².